The van der Waals surface area contributed by atoms with E-state index in [0.29, 0.717) is 16.2 Å². The molecule has 0 spiro atoms. The van der Waals surface area contributed by atoms with Crippen LogP contribution in [-0.4, -0.2) is 21.1 Å². The second-order valence-electron chi connectivity index (χ2n) is 4.88. The smallest absolute Gasteiger partial charge is 0.164 e. The summed E-state index contributed by atoms with van der Waals surface area (Å²) in [5.41, 5.74) is 2.43. The van der Waals surface area contributed by atoms with E-state index in [4.69, 9.17) is 23.2 Å². The maximum absolute atomic E-state index is 6.21. The fourth-order valence-corrected chi connectivity index (χ4v) is 3.15. The van der Waals surface area contributed by atoms with E-state index < -0.39 is 0 Å². The Labute approximate surface area is 122 Å². The summed E-state index contributed by atoms with van der Waals surface area (Å²) in [5.74, 6) is 0. The molecule has 0 saturated heterocycles. The SMILES string of the molecule is CCNc1c(Cl)c(Cl)nc2c1ncn2C1CCCC1. The average molecular weight is 299 g/mol. The van der Waals surface area contributed by atoms with E-state index in [-0.39, 0.29) is 0 Å². The van der Waals surface area contributed by atoms with Crippen LogP contribution in [-0.2, 0) is 0 Å². The van der Waals surface area contributed by atoms with E-state index in [9.17, 15) is 0 Å². The van der Waals surface area contributed by atoms with Crippen molar-refractivity contribution < 1.29 is 0 Å². The molecular weight excluding hydrogens is 283 g/mol. The first-order valence-electron chi connectivity index (χ1n) is 6.67. The van der Waals surface area contributed by atoms with E-state index >= 15 is 0 Å². The van der Waals surface area contributed by atoms with Gasteiger partial charge in [0.05, 0.1) is 12.0 Å². The van der Waals surface area contributed by atoms with Gasteiger partial charge in [0.2, 0.25) is 0 Å². The number of anilines is 1. The number of fused-ring (bicyclic) bond motifs is 1. The Morgan fingerprint density at radius 3 is 2.79 bits per heavy atom. The molecule has 1 aliphatic rings. The standard InChI is InChI=1S/C13H16Cl2N4/c1-2-16-10-9(14)12(15)18-13-11(10)17-7-19(13)8-5-3-4-6-8/h7-8H,2-6H2,1H3,(H,16,18). The number of aromatic nitrogens is 3. The van der Waals surface area contributed by atoms with Crippen molar-refractivity contribution in [3.05, 3.63) is 16.5 Å². The maximum Gasteiger partial charge on any atom is 0.164 e. The van der Waals surface area contributed by atoms with Gasteiger partial charge in [-0.05, 0) is 19.8 Å². The molecule has 0 aliphatic heterocycles. The molecule has 0 aromatic carbocycles. The lowest BCUT2D eigenvalue weighted by atomic mass is 10.2. The molecule has 2 heterocycles. The minimum absolute atomic E-state index is 0.338. The van der Waals surface area contributed by atoms with Crippen molar-refractivity contribution in [3.63, 3.8) is 0 Å². The number of hydrogen-bond donors (Lipinski definition) is 1. The Morgan fingerprint density at radius 2 is 2.11 bits per heavy atom. The summed E-state index contributed by atoms with van der Waals surface area (Å²) in [6.07, 6.45) is 6.77. The highest BCUT2D eigenvalue weighted by molar-refractivity contribution is 6.44. The Kier molecular flexibility index (Phi) is 3.54. The molecule has 1 aliphatic carbocycles. The lowest BCUT2D eigenvalue weighted by molar-refractivity contribution is 0.529. The minimum atomic E-state index is 0.338. The topological polar surface area (TPSA) is 42.7 Å². The highest BCUT2D eigenvalue weighted by Crippen LogP contribution is 2.37. The largest absolute Gasteiger partial charge is 0.382 e. The van der Waals surface area contributed by atoms with Gasteiger partial charge in [-0.3, -0.25) is 0 Å². The van der Waals surface area contributed by atoms with Crippen LogP contribution in [0.25, 0.3) is 11.2 Å². The van der Waals surface area contributed by atoms with Gasteiger partial charge < -0.3 is 9.88 Å². The van der Waals surface area contributed by atoms with Gasteiger partial charge in [0.1, 0.15) is 10.5 Å². The zero-order valence-electron chi connectivity index (χ0n) is 10.8. The van der Waals surface area contributed by atoms with E-state index in [1.165, 1.54) is 25.7 Å². The van der Waals surface area contributed by atoms with E-state index in [2.05, 4.69) is 19.9 Å². The molecule has 0 amide bonds. The van der Waals surface area contributed by atoms with Crippen LogP contribution in [0.3, 0.4) is 0 Å². The lowest BCUT2D eigenvalue weighted by Gasteiger charge is -2.13. The molecule has 1 fully saturated rings. The maximum atomic E-state index is 6.21. The van der Waals surface area contributed by atoms with E-state index in [0.717, 1.165) is 23.4 Å². The number of nitrogens with one attached hydrogen (secondary N) is 1. The summed E-state index contributed by atoms with van der Waals surface area (Å²) in [5, 5.41) is 4.02. The average Bonchev–Trinajstić information content (AvgIpc) is 3.03. The fourth-order valence-electron chi connectivity index (χ4n) is 2.78. The third-order valence-electron chi connectivity index (χ3n) is 3.68. The summed E-state index contributed by atoms with van der Waals surface area (Å²) in [6.45, 7) is 2.79. The summed E-state index contributed by atoms with van der Waals surface area (Å²) in [7, 11) is 0. The van der Waals surface area contributed by atoms with Crippen LogP contribution in [0, 0.1) is 0 Å². The van der Waals surface area contributed by atoms with Crippen molar-refractivity contribution in [2.24, 2.45) is 0 Å². The number of halogens is 2. The van der Waals surface area contributed by atoms with Crippen molar-refractivity contribution in [1.29, 1.82) is 0 Å². The molecule has 1 N–H and O–H groups in total. The van der Waals surface area contributed by atoms with Gasteiger partial charge in [-0.1, -0.05) is 36.0 Å². The van der Waals surface area contributed by atoms with E-state index in [1.807, 2.05) is 13.3 Å². The molecule has 2 aromatic rings. The highest BCUT2D eigenvalue weighted by Gasteiger charge is 2.22. The van der Waals surface area contributed by atoms with Crippen LogP contribution < -0.4 is 5.32 Å². The molecule has 19 heavy (non-hydrogen) atoms. The molecule has 2 aromatic heterocycles. The highest BCUT2D eigenvalue weighted by atomic mass is 35.5. The third kappa shape index (κ3) is 2.17. The van der Waals surface area contributed by atoms with Crippen molar-refractivity contribution in [1.82, 2.24) is 14.5 Å². The van der Waals surface area contributed by atoms with Crippen molar-refractivity contribution >= 4 is 40.1 Å². The van der Waals surface area contributed by atoms with Crippen LogP contribution >= 0.6 is 23.2 Å². The molecule has 0 atom stereocenters. The Balaban J connectivity index is 2.17. The number of rotatable bonds is 3. The van der Waals surface area contributed by atoms with Crippen molar-refractivity contribution in [3.8, 4) is 0 Å². The lowest BCUT2D eigenvalue weighted by Crippen LogP contribution is -2.05. The summed E-state index contributed by atoms with van der Waals surface area (Å²) in [4.78, 5) is 8.90. The molecular formula is C13H16Cl2N4. The summed E-state index contributed by atoms with van der Waals surface area (Å²) >= 11 is 12.4. The van der Waals surface area contributed by atoms with Gasteiger partial charge in [-0.25, -0.2) is 9.97 Å². The van der Waals surface area contributed by atoms with Gasteiger partial charge >= 0.3 is 0 Å². The second kappa shape index (κ2) is 5.17. The summed E-state index contributed by atoms with van der Waals surface area (Å²) in [6, 6.07) is 0.490. The van der Waals surface area contributed by atoms with Gasteiger partial charge in [-0.15, -0.1) is 0 Å². The van der Waals surface area contributed by atoms with E-state index in [1.54, 1.807) is 0 Å². The zero-order valence-corrected chi connectivity index (χ0v) is 12.3. The molecule has 6 heteroatoms. The second-order valence-corrected chi connectivity index (χ2v) is 5.62. The Bertz CT molecular complexity index is 602. The minimum Gasteiger partial charge on any atom is -0.382 e. The fraction of sp³-hybridized carbons (Fsp3) is 0.538. The number of pyridine rings is 1. The predicted molar refractivity (Wildman–Crippen MR) is 79.2 cm³/mol. The van der Waals surface area contributed by atoms with Gasteiger partial charge in [-0.2, -0.15) is 0 Å². The number of nitrogens with zero attached hydrogens (tertiary/aromatic N) is 3. The monoisotopic (exact) mass is 298 g/mol. The predicted octanol–water partition coefficient (Wildman–Crippen LogP) is 4.29. The quantitative estimate of drug-likeness (QED) is 0.860. The van der Waals surface area contributed by atoms with Crippen LogP contribution in [0.2, 0.25) is 10.2 Å². The molecule has 0 bridgehead atoms. The number of hydrogen-bond acceptors (Lipinski definition) is 3. The summed E-state index contributed by atoms with van der Waals surface area (Å²) < 4.78 is 2.14. The first-order valence-corrected chi connectivity index (χ1v) is 7.43. The van der Waals surface area contributed by atoms with Crippen LogP contribution in [0.4, 0.5) is 5.69 Å². The van der Waals surface area contributed by atoms with Crippen LogP contribution in [0.5, 0.6) is 0 Å². The molecule has 1 saturated carbocycles. The first kappa shape index (κ1) is 13.0. The third-order valence-corrected chi connectivity index (χ3v) is 4.42. The Morgan fingerprint density at radius 1 is 1.37 bits per heavy atom. The van der Waals surface area contributed by atoms with Crippen LogP contribution in [0.1, 0.15) is 38.6 Å². The molecule has 0 unspecified atom stereocenters. The Hall–Kier alpha value is -1.00. The van der Waals surface area contributed by atoms with Crippen molar-refractivity contribution in [2.45, 2.75) is 38.6 Å². The molecule has 3 rings (SSSR count). The number of imidazole rings is 1. The molecule has 4 nitrogen and oxygen atoms in total. The normalized spacial score (nSPS) is 16.4. The van der Waals surface area contributed by atoms with Gasteiger partial charge in [0.25, 0.3) is 0 Å². The first-order chi connectivity index (χ1) is 9.22. The zero-order chi connectivity index (χ0) is 13.4. The van der Waals surface area contributed by atoms with Gasteiger partial charge in [0, 0.05) is 12.6 Å². The van der Waals surface area contributed by atoms with Crippen LogP contribution in [0.15, 0.2) is 6.33 Å². The van der Waals surface area contributed by atoms with Gasteiger partial charge in [0.15, 0.2) is 10.8 Å². The molecule has 0 radical (unpaired) electrons. The van der Waals surface area contributed by atoms with Crippen molar-refractivity contribution in [2.75, 3.05) is 11.9 Å². The molecule has 102 valence electrons.